The van der Waals surface area contributed by atoms with Gasteiger partial charge in [-0.1, -0.05) is 0 Å². The Hall–Kier alpha value is -0.140. The van der Waals surface area contributed by atoms with Crippen molar-refractivity contribution in [3.8, 4) is 11.1 Å². The maximum Gasteiger partial charge on any atom is -1.00 e. The SMILES string of the molecule is CCCCC1=Cc2c(-c3ccccc3)cccc2[CH]1[Zr+2][Si](C)C.[Cl-].[Cl-]. The van der Waals surface area contributed by atoms with E-state index in [1.807, 2.05) is 0 Å². The maximum absolute atomic E-state index is 2.56. The molecule has 0 saturated heterocycles. The summed E-state index contributed by atoms with van der Waals surface area (Å²) in [6.07, 6.45) is 6.50. The van der Waals surface area contributed by atoms with Crippen LogP contribution in [0.3, 0.4) is 0 Å². The van der Waals surface area contributed by atoms with Gasteiger partial charge in [0, 0.05) is 0 Å². The van der Waals surface area contributed by atoms with Gasteiger partial charge in [0.2, 0.25) is 0 Å². The van der Waals surface area contributed by atoms with Crippen molar-refractivity contribution in [2.45, 2.75) is 42.9 Å². The average Bonchev–Trinajstić information content (AvgIpc) is 2.91. The van der Waals surface area contributed by atoms with Gasteiger partial charge in [-0.2, -0.15) is 0 Å². The third-order valence-corrected chi connectivity index (χ3v) is 13.4. The quantitative estimate of drug-likeness (QED) is 0.537. The summed E-state index contributed by atoms with van der Waals surface area (Å²) in [6, 6.07) is 17.9. The van der Waals surface area contributed by atoms with Gasteiger partial charge in [-0.15, -0.1) is 0 Å². The Morgan fingerprint density at radius 3 is 2.32 bits per heavy atom. The molecule has 0 aromatic heterocycles. The summed E-state index contributed by atoms with van der Waals surface area (Å²) in [5, 5.41) is 0. The van der Waals surface area contributed by atoms with Crippen molar-refractivity contribution in [3.05, 3.63) is 65.2 Å². The van der Waals surface area contributed by atoms with Crippen LogP contribution in [0, 0.1) is 0 Å². The van der Waals surface area contributed by atoms with Crippen LogP contribution in [0.15, 0.2) is 54.1 Å². The summed E-state index contributed by atoms with van der Waals surface area (Å²) in [7, 11) is 0. The number of unbranched alkanes of at least 4 members (excludes halogenated alkanes) is 1. The van der Waals surface area contributed by atoms with Crippen LogP contribution >= 0.6 is 0 Å². The summed E-state index contributed by atoms with van der Waals surface area (Å²) < 4.78 is 0.840. The second-order valence-electron chi connectivity index (χ2n) is 6.57. The van der Waals surface area contributed by atoms with Crippen LogP contribution < -0.4 is 24.8 Å². The molecule has 4 heteroatoms. The van der Waals surface area contributed by atoms with Crippen molar-refractivity contribution >= 4 is 12.0 Å². The fourth-order valence-electron chi connectivity index (χ4n) is 3.39. The van der Waals surface area contributed by atoms with Crippen molar-refractivity contribution in [1.29, 1.82) is 0 Å². The second kappa shape index (κ2) is 10.9. The van der Waals surface area contributed by atoms with Gasteiger partial charge in [0.15, 0.2) is 0 Å². The van der Waals surface area contributed by atoms with E-state index >= 15 is 0 Å². The van der Waals surface area contributed by atoms with Crippen molar-refractivity contribution in [1.82, 2.24) is 0 Å². The molecule has 0 bridgehead atoms. The van der Waals surface area contributed by atoms with E-state index in [1.54, 1.807) is 11.1 Å². The molecule has 0 heterocycles. The fourth-order valence-corrected chi connectivity index (χ4v) is 12.3. The molecule has 2 aromatic rings. The molecule has 0 nitrogen and oxygen atoms in total. The topological polar surface area (TPSA) is 0 Å². The Bertz CT molecular complexity index is 698. The van der Waals surface area contributed by atoms with Crippen LogP contribution in [-0.2, 0) is 22.4 Å². The van der Waals surface area contributed by atoms with Crippen molar-refractivity contribution in [2.75, 3.05) is 0 Å². The van der Waals surface area contributed by atoms with Crippen molar-refractivity contribution < 1.29 is 47.2 Å². The van der Waals surface area contributed by atoms with E-state index in [4.69, 9.17) is 0 Å². The predicted molar refractivity (Wildman–Crippen MR) is 99.6 cm³/mol. The predicted octanol–water partition coefficient (Wildman–Crippen LogP) is 0.324. The molecule has 2 aromatic carbocycles. The molecule has 25 heavy (non-hydrogen) atoms. The van der Waals surface area contributed by atoms with Crippen LogP contribution in [0.1, 0.15) is 40.9 Å². The van der Waals surface area contributed by atoms with Gasteiger partial charge in [-0.3, -0.25) is 0 Å². The largest absolute Gasteiger partial charge is 1.00 e. The zero-order valence-corrected chi connectivity index (χ0v) is 20.1. The molecule has 1 aliphatic rings. The smallest absolute Gasteiger partial charge is 1.00 e. The number of rotatable bonds is 6. The summed E-state index contributed by atoms with van der Waals surface area (Å²) in [4.78, 5) is 0. The zero-order chi connectivity index (χ0) is 16.2. The van der Waals surface area contributed by atoms with Crippen LogP contribution in [0.2, 0.25) is 13.1 Å². The molecule has 0 fully saturated rings. The molecule has 1 atom stereocenters. The summed E-state index contributed by atoms with van der Waals surface area (Å²) in [5.41, 5.74) is 7.72. The van der Waals surface area contributed by atoms with Gasteiger partial charge in [-0.05, 0) is 0 Å². The summed E-state index contributed by atoms with van der Waals surface area (Å²) >= 11 is -0.335. The minimum Gasteiger partial charge on any atom is -1.00 e. The molecule has 0 amide bonds. The maximum atomic E-state index is 2.56. The zero-order valence-electron chi connectivity index (χ0n) is 15.2. The van der Waals surface area contributed by atoms with E-state index in [2.05, 4.69) is 74.6 Å². The second-order valence-corrected chi connectivity index (χ2v) is 19.8. The first kappa shape index (κ1) is 22.9. The summed E-state index contributed by atoms with van der Waals surface area (Å²) in [5.74, 6) is -0.0637. The first-order chi connectivity index (χ1) is 11.2. The van der Waals surface area contributed by atoms with Crippen LogP contribution in [0.4, 0.5) is 0 Å². The molecule has 0 aliphatic heterocycles. The van der Waals surface area contributed by atoms with E-state index in [0.717, 1.165) is 3.63 Å². The summed E-state index contributed by atoms with van der Waals surface area (Å²) in [6.45, 7) is 7.35. The number of hydrogen-bond donors (Lipinski definition) is 0. The normalized spacial score (nSPS) is 14.9. The molecule has 131 valence electrons. The minimum atomic E-state index is -0.335. The molecule has 1 aliphatic carbocycles. The minimum absolute atomic E-state index is 0. The van der Waals surface area contributed by atoms with Gasteiger partial charge < -0.3 is 24.8 Å². The molecule has 3 rings (SSSR count). The molecule has 0 N–H and O–H groups in total. The van der Waals surface area contributed by atoms with Gasteiger partial charge in [0.25, 0.3) is 0 Å². The Labute approximate surface area is 177 Å². The molecular weight excluding hydrogens is 442 g/mol. The molecule has 1 radical (unpaired) electrons. The van der Waals surface area contributed by atoms with Crippen LogP contribution in [0.25, 0.3) is 17.2 Å². The van der Waals surface area contributed by atoms with Gasteiger partial charge >= 0.3 is 154 Å². The Morgan fingerprint density at radius 2 is 1.68 bits per heavy atom. The third kappa shape index (κ3) is 5.42. The Kier molecular flexibility index (Phi) is 9.96. The number of fused-ring (bicyclic) bond motifs is 1. The Balaban J connectivity index is 0.00000156. The van der Waals surface area contributed by atoms with E-state index in [-0.39, 0.29) is 53.1 Å². The standard InChI is InChI=1S/C19H19.C2H6Si.2ClH.Zr/c1-2-3-8-15-13-17-11-7-12-18(19(17)14-15)16-9-5-4-6-10-16;1-3-2;;;/h4-7,9-14H,2-3,8H2,1H3;1-2H3;2*1H;/q;;;;+2/p-2. The van der Waals surface area contributed by atoms with Gasteiger partial charge in [0.05, 0.1) is 0 Å². The van der Waals surface area contributed by atoms with E-state index in [0.29, 0.717) is 0 Å². The van der Waals surface area contributed by atoms with E-state index in [1.165, 1.54) is 36.0 Å². The number of hydrogen-bond acceptors (Lipinski definition) is 0. The fraction of sp³-hybridized carbons (Fsp3) is 0.333. The number of allylic oxidation sites excluding steroid dienone is 1. The van der Waals surface area contributed by atoms with Crippen LogP contribution in [-0.4, -0.2) is 5.92 Å². The van der Waals surface area contributed by atoms with E-state index < -0.39 is 0 Å². The first-order valence-electron chi connectivity index (χ1n) is 8.66. The van der Waals surface area contributed by atoms with Crippen molar-refractivity contribution in [2.24, 2.45) is 0 Å². The van der Waals surface area contributed by atoms with Gasteiger partial charge in [0.1, 0.15) is 0 Å². The molecule has 0 spiro atoms. The first-order valence-corrected chi connectivity index (χ1v) is 16.3. The van der Waals surface area contributed by atoms with Gasteiger partial charge in [-0.25, -0.2) is 0 Å². The molecule has 0 saturated carbocycles. The number of halogens is 2. The Morgan fingerprint density at radius 1 is 0.960 bits per heavy atom. The molecular formula is C21H25Cl2SiZr. The third-order valence-electron chi connectivity index (χ3n) is 4.49. The van der Waals surface area contributed by atoms with E-state index in [9.17, 15) is 0 Å². The molecule has 1 unspecified atom stereocenters. The number of benzene rings is 2. The van der Waals surface area contributed by atoms with Crippen LogP contribution in [0.5, 0.6) is 0 Å². The average molecular weight is 468 g/mol. The monoisotopic (exact) mass is 465 g/mol. The van der Waals surface area contributed by atoms with Crippen molar-refractivity contribution in [3.63, 3.8) is 0 Å².